The van der Waals surface area contributed by atoms with Crippen LogP contribution in [-0.4, -0.2) is 17.3 Å². The first-order valence-corrected chi connectivity index (χ1v) is 6.43. The van der Waals surface area contributed by atoms with Gasteiger partial charge in [0.2, 0.25) is 0 Å². The van der Waals surface area contributed by atoms with E-state index in [1.54, 1.807) is 0 Å². The summed E-state index contributed by atoms with van der Waals surface area (Å²) in [6.07, 6.45) is 1.83. The first-order valence-electron chi connectivity index (χ1n) is 6.43. The number of aliphatic hydroxyl groups excluding tert-OH is 1. The van der Waals surface area contributed by atoms with Crippen molar-refractivity contribution >= 4 is 0 Å². The van der Waals surface area contributed by atoms with Gasteiger partial charge in [-0.3, -0.25) is 0 Å². The molecule has 0 aromatic heterocycles. The van der Waals surface area contributed by atoms with Crippen LogP contribution in [0.2, 0.25) is 0 Å². The van der Waals surface area contributed by atoms with Crippen LogP contribution < -0.4 is 5.32 Å². The predicted molar refractivity (Wildman–Crippen MR) is 73.2 cm³/mol. The van der Waals surface area contributed by atoms with Crippen molar-refractivity contribution < 1.29 is 5.11 Å². The van der Waals surface area contributed by atoms with Crippen molar-refractivity contribution in [3.05, 3.63) is 34.9 Å². The SMILES string of the molecule is CCC(C)(CCO)NCc1cc(C)ccc1C. The molecule has 0 bridgehead atoms. The Morgan fingerprint density at radius 3 is 2.59 bits per heavy atom. The van der Waals surface area contributed by atoms with Gasteiger partial charge in [0, 0.05) is 18.7 Å². The number of hydrogen-bond acceptors (Lipinski definition) is 2. The Morgan fingerprint density at radius 1 is 1.29 bits per heavy atom. The van der Waals surface area contributed by atoms with E-state index in [0.29, 0.717) is 0 Å². The second kappa shape index (κ2) is 6.18. The van der Waals surface area contributed by atoms with Crippen molar-refractivity contribution in [1.82, 2.24) is 5.32 Å². The highest BCUT2D eigenvalue weighted by Crippen LogP contribution is 2.17. The van der Waals surface area contributed by atoms with Gasteiger partial charge in [-0.2, -0.15) is 0 Å². The number of hydrogen-bond donors (Lipinski definition) is 2. The fourth-order valence-electron chi connectivity index (χ4n) is 1.94. The maximum absolute atomic E-state index is 9.09. The summed E-state index contributed by atoms with van der Waals surface area (Å²) in [5, 5.41) is 12.7. The van der Waals surface area contributed by atoms with E-state index in [1.807, 2.05) is 0 Å². The molecule has 0 heterocycles. The van der Waals surface area contributed by atoms with Crippen LogP contribution in [0.25, 0.3) is 0 Å². The van der Waals surface area contributed by atoms with Crippen LogP contribution in [0.4, 0.5) is 0 Å². The zero-order chi connectivity index (χ0) is 12.9. The smallest absolute Gasteiger partial charge is 0.0448 e. The van der Waals surface area contributed by atoms with E-state index in [4.69, 9.17) is 5.11 Å². The molecule has 1 unspecified atom stereocenters. The third-order valence-corrected chi connectivity index (χ3v) is 3.65. The van der Waals surface area contributed by atoms with E-state index in [0.717, 1.165) is 19.4 Å². The van der Waals surface area contributed by atoms with Crippen molar-refractivity contribution in [3.8, 4) is 0 Å². The molecular formula is C15H25NO. The average molecular weight is 235 g/mol. The van der Waals surface area contributed by atoms with Gasteiger partial charge in [-0.1, -0.05) is 30.7 Å². The molecule has 1 rings (SSSR count). The Kier molecular flexibility index (Phi) is 5.16. The molecule has 1 aromatic rings. The van der Waals surface area contributed by atoms with Gasteiger partial charge in [-0.15, -0.1) is 0 Å². The second-order valence-corrected chi connectivity index (χ2v) is 5.17. The van der Waals surface area contributed by atoms with E-state index < -0.39 is 0 Å². The maximum Gasteiger partial charge on any atom is 0.0448 e. The van der Waals surface area contributed by atoms with Gasteiger partial charge < -0.3 is 10.4 Å². The van der Waals surface area contributed by atoms with Crippen LogP contribution in [0, 0.1) is 13.8 Å². The molecule has 0 fully saturated rings. The third-order valence-electron chi connectivity index (χ3n) is 3.65. The van der Waals surface area contributed by atoms with Crippen LogP contribution in [-0.2, 0) is 6.54 Å². The fraction of sp³-hybridized carbons (Fsp3) is 0.600. The first kappa shape index (κ1) is 14.2. The summed E-state index contributed by atoms with van der Waals surface area (Å²) in [6.45, 7) is 9.71. The fourth-order valence-corrected chi connectivity index (χ4v) is 1.94. The number of aliphatic hydroxyl groups is 1. The molecule has 2 nitrogen and oxygen atoms in total. The van der Waals surface area contributed by atoms with E-state index in [1.165, 1.54) is 16.7 Å². The Bertz CT molecular complexity index is 362. The summed E-state index contributed by atoms with van der Waals surface area (Å²) >= 11 is 0. The summed E-state index contributed by atoms with van der Waals surface area (Å²) in [7, 11) is 0. The topological polar surface area (TPSA) is 32.3 Å². The monoisotopic (exact) mass is 235 g/mol. The minimum absolute atomic E-state index is 0.0327. The Hall–Kier alpha value is -0.860. The van der Waals surface area contributed by atoms with Gasteiger partial charge in [-0.25, -0.2) is 0 Å². The summed E-state index contributed by atoms with van der Waals surface area (Å²) in [5.41, 5.74) is 4.01. The molecule has 1 atom stereocenters. The molecule has 1 aromatic carbocycles. The largest absolute Gasteiger partial charge is 0.396 e. The van der Waals surface area contributed by atoms with Gasteiger partial charge in [-0.05, 0) is 44.7 Å². The van der Waals surface area contributed by atoms with Crippen LogP contribution in [0.3, 0.4) is 0 Å². The highest BCUT2D eigenvalue weighted by Gasteiger charge is 2.20. The molecule has 17 heavy (non-hydrogen) atoms. The van der Waals surface area contributed by atoms with E-state index in [-0.39, 0.29) is 12.1 Å². The van der Waals surface area contributed by atoms with Crippen LogP contribution in [0.5, 0.6) is 0 Å². The molecular weight excluding hydrogens is 210 g/mol. The van der Waals surface area contributed by atoms with Crippen molar-refractivity contribution in [1.29, 1.82) is 0 Å². The Balaban J connectivity index is 2.68. The average Bonchev–Trinajstić information content (AvgIpc) is 2.31. The normalized spacial score (nSPS) is 14.6. The lowest BCUT2D eigenvalue weighted by atomic mass is 9.94. The summed E-state index contributed by atoms with van der Waals surface area (Å²) in [5.74, 6) is 0. The van der Waals surface area contributed by atoms with Crippen LogP contribution in [0.1, 0.15) is 43.4 Å². The minimum atomic E-state index is 0.0327. The third kappa shape index (κ3) is 4.14. The van der Waals surface area contributed by atoms with Crippen molar-refractivity contribution in [2.24, 2.45) is 0 Å². The molecule has 0 aliphatic heterocycles. The Labute approximate surface area is 105 Å². The number of rotatable bonds is 6. The molecule has 0 saturated carbocycles. The van der Waals surface area contributed by atoms with Gasteiger partial charge in [0.1, 0.15) is 0 Å². The molecule has 0 saturated heterocycles. The lowest BCUT2D eigenvalue weighted by molar-refractivity contribution is 0.214. The lowest BCUT2D eigenvalue weighted by Crippen LogP contribution is -2.42. The first-order chi connectivity index (χ1) is 8.00. The molecule has 96 valence electrons. The van der Waals surface area contributed by atoms with Gasteiger partial charge in [0.25, 0.3) is 0 Å². The quantitative estimate of drug-likeness (QED) is 0.794. The zero-order valence-electron chi connectivity index (χ0n) is 11.5. The van der Waals surface area contributed by atoms with Crippen molar-refractivity contribution in [2.45, 2.75) is 52.6 Å². The second-order valence-electron chi connectivity index (χ2n) is 5.17. The summed E-state index contributed by atoms with van der Waals surface area (Å²) < 4.78 is 0. The highest BCUT2D eigenvalue weighted by atomic mass is 16.3. The molecule has 0 spiro atoms. The molecule has 0 aliphatic carbocycles. The van der Waals surface area contributed by atoms with Gasteiger partial charge in [0.05, 0.1) is 0 Å². The number of nitrogens with one attached hydrogen (secondary N) is 1. The summed E-state index contributed by atoms with van der Waals surface area (Å²) in [4.78, 5) is 0. The highest BCUT2D eigenvalue weighted by molar-refractivity contribution is 5.30. The van der Waals surface area contributed by atoms with Gasteiger partial charge >= 0.3 is 0 Å². The molecule has 2 heteroatoms. The Morgan fingerprint density at radius 2 is 2.00 bits per heavy atom. The van der Waals surface area contributed by atoms with Gasteiger partial charge in [0.15, 0.2) is 0 Å². The number of aryl methyl sites for hydroxylation is 2. The van der Waals surface area contributed by atoms with E-state index in [9.17, 15) is 0 Å². The summed E-state index contributed by atoms with van der Waals surface area (Å²) in [6, 6.07) is 6.55. The maximum atomic E-state index is 9.09. The van der Waals surface area contributed by atoms with Crippen LogP contribution in [0.15, 0.2) is 18.2 Å². The number of benzene rings is 1. The van der Waals surface area contributed by atoms with E-state index >= 15 is 0 Å². The molecule has 2 N–H and O–H groups in total. The van der Waals surface area contributed by atoms with Crippen molar-refractivity contribution in [2.75, 3.05) is 6.61 Å². The predicted octanol–water partition coefficient (Wildman–Crippen LogP) is 2.94. The molecule has 0 amide bonds. The lowest BCUT2D eigenvalue weighted by Gasteiger charge is -2.29. The van der Waals surface area contributed by atoms with E-state index in [2.05, 4.69) is 51.2 Å². The zero-order valence-corrected chi connectivity index (χ0v) is 11.5. The standard InChI is InChI=1S/C15H25NO/c1-5-15(4,8-9-17)16-11-14-10-12(2)6-7-13(14)3/h6-7,10,16-17H,5,8-9,11H2,1-4H3. The minimum Gasteiger partial charge on any atom is -0.396 e. The molecule has 0 aliphatic rings. The molecule has 0 radical (unpaired) electrons. The van der Waals surface area contributed by atoms with Crippen LogP contribution >= 0.6 is 0 Å². The van der Waals surface area contributed by atoms with Crippen molar-refractivity contribution in [3.63, 3.8) is 0 Å².